The lowest BCUT2D eigenvalue weighted by Crippen LogP contribution is -2.58. The highest BCUT2D eigenvalue weighted by Crippen LogP contribution is 2.44. The van der Waals surface area contributed by atoms with E-state index in [1.807, 2.05) is 26.0 Å². The van der Waals surface area contributed by atoms with Gasteiger partial charge in [0.25, 0.3) is 0 Å². The predicted molar refractivity (Wildman–Crippen MR) is 86.7 cm³/mol. The zero-order valence-electron chi connectivity index (χ0n) is 13.6. The summed E-state index contributed by atoms with van der Waals surface area (Å²) in [6, 6.07) is 6.48. The Morgan fingerprint density at radius 1 is 1.43 bits per heavy atom. The van der Waals surface area contributed by atoms with Crippen LogP contribution in [0.3, 0.4) is 0 Å². The summed E-state index contributed by atoms with van der Waals surface area (Å²) in [5.41, 5.74) is 3.09. The number of benzene rings is 1. The van der Waals surface area contributed by atoms with Gasteiger partial charge in [-0.25, -0.2) is 0 Å². The second-order valence-electron chi connectivity index (χ2n) is 6.41. The topological polar surface area (TPSA) is 50.4 Å². The van der Waals surface area contributed by atoms with Gasteiger partial charge in [0, 0.05) is 36.4 Å². The lowest BCUT2D eigenvalue weighted by Gasteiger charge is -2.52. The third kappa shape index (κ3) is 3.38. The van der Waals surface area contributed by atoms with Crippen molar-refractivity contribution in [3.8, 4) is 0 Å². The Labute approximate surface area is 127 Å². The number of nitrogens with one attached hydrogen (secondary N) is 2. The van der Waals surface area contributed by atoms with Crippen molar-refractivity contribution in [3.63, 3.8) is 0 Å². The van der Waals surface area contributed by atoms with Gasteiger partial charge < -0.3 is 15.4 Å². The number of anilines is 2. The maximum Gasteiger partial charge on any atom is 0.221 e. The van der Waals surface area contributed by atoms with Crippen LogP contribution in [0.4, 0.5) is 11.4 Å². The molecule has 1 aromatic rings. The standard InChI is InChI=1S/C17H26N2O2/c1-6-21-16-10-15(17(16,4)5)19-13-8-7-11(2)14(9-13)18-12(3)20/h7-9,15-16,19H,6,10H2,1-5H3,(H,18,20). The van der Waals surface area contributed by atoms with Gasteiger partial charge in [-0.1, -0.05) is 19.9 Å². The first-order chi connectivity index (χ1) is 9.84. The van der Waals surface area contributed by atoms with E-state index < -0.39 is 0 Å². The molecular weight excluding hydrogens is 264 g/mol. The molecule has 0 saturated heterocycles. The quantitative estimate of drug-likeness (QED) is 0.871. The number of aryl methyl sites for hydroxylation is 1. The van der Waals surface area contributed by atoms with E-state index in [0.717, 1.165) is 30.0 Å². The molecule has 2 N–H and O–H groups in total. The summed E-state index contributed by atoms with van der Waals surface area (Å²) in [6.07, 6.45) is 1.34. The second kappa shape index (κ2) is 6.06. The highest BCUT2D eigenvalue weighted by molar-refractivity contribution is 5.90. The average Bonchev–Trinajstić information content (AvgIpc) is 2.40. The van der Waals surface area contributed by atoms with Crippen molar-refractivity contribution in [1.29, 1.82) is 0 Å². The van der Waals surface area contributed by atoms with Crippen molar-refractivity contribution in [3.05, 3.63) is 23.8 Å². The van der Waals surface area contributed by atoms with Gasteiger partial charge in [0.1, 0.15) is 0 Å². The lowest BCUT2D eigenvalue weighted by molar-refractivity contribution is -0.114. The minimum atomic E-state index is -0.0457. The second-order valence-corrected chi connectivity index (χ2v) is 6.41. The van der Waals surface area contributed by atoms with Gasteiger partial charge in [-0.2, -0.15) is 0 Å². The van der Waals surface area contributed by atoms with E-state index in [9.17, 15) is 4.79 Å². The van der Waals surface area contributed by atoms with Crippen molar-refractivity contribution >= 4 is 17.3 Å². The number of hydrogen-bond acceptors (Lipinski definition) is 3. The van der Waals surface area contributed by atoms with Crippen molar-refractivity contribution in [2.24, 2.45) is 5.41 Å². The molecule has 116 valence electrons. The van der Waals surface area contributed by atoms with Crippen molar-refractivity contribution < 1.29 is 9.53 Å². The first-order valence-electron chi connectivity index (χ1n) is 7.61. The van der Waals surface area contributed by atoms with Crippen LogP contribution in [0.15, 0.2) is 18.2 Å². The van der Waals surface area contributed by atoms with Crippen molar-refractivity contribution in [1.82, 2.24) is 0 Å². The number of carbonyl (C=O) groups is 1. The fourth-order valence-electron chi connectivity index (χ4n) is 2.85. The fraction of sp³-hybridized carbons (Fsp3) is 0.588. The minimum absolute atomic E-state index is 0.0457. The molecule has 0 heterocycles. The van der Waals surface area contributed by atoms with Crippen LogP contribution in [-0.2, 0) is 9.53 Å². The number of ether oxygens (including phenoxy) is 1. The Bertz CT molecular complexity index is 526. The molecule has 0 aliphatic heterocycles. The van der Waals surface area contributed by atoms with E-state index >= 15 is 0 Å². The lowest BCUT2D eigenvalue weighted by atomic mass is 9.64. The summed E-state index contributed by atoms with van der Waals surface area (Å²) < 4.78 is 5.76. The van der Waals surface area contributed by atoms with Gasteiger partial charge in [0.2, 0.25) is 5.91 Å². The molecular formula is C17H26N2O2. The third-order valence-electron chi connectivity index (χ3n) is 4.43. The summed E-state index contributed by atoms with van der Waals surface area (Å²) in [5.74, 6) is -0.0457. The Balaban J connectivity index is 2.06. The number of rotatable bonds is 5. The molecule has 0 spiro atoms. The molecule has 4 heteroatoms. The fourth-order valence-corrected chi connectivity index (χ4v) is 2.85. The minimum Gasteiger partial charge on any atom is -0.382 e. The Kier molecular flexibility index (Phi) is 4.57. The van der Waals surface area contributed by atoms with E-state index in [-0.39, 0.29) is 11.3 Å². The molecule has 21 heavy (non-hydrogen) atoms. The first kappa shape index (κ1) is 15.8. The molecule has 2 atom stereocenters. The zero-order chi connectivity index (χ0) is 15.6. The van der Waals surface area contributed by atoms with E-state index in [1.165, 1.54) is 6.92 Å². The first-order valence-corrected chi connectivity index (χ1v) is 7.61. The van der Waals surface area contributed by atoms with E-state index in [4.69, 9.17) is 4.74 Å². The SMILES string of the molecule is CCOC1CC(Nc2ccc(C)c(NC(C)=O)c2)C1(C)C. The van der Waals surface area contributed by atoms with Crippen LogP contribution < -0.4 is 10.6 Å². The van der Waals surface area contributed by atoms with Gasteiger partial charge in [0.05, 0.1) is 6.10 Å². The zero-order valence-corrected chi connectivity index (χ0v) is 13.6. The van der Waals surface area contributed by atoms with Gasteiger partial charge in [-0.15, -0.1) is 0 Å². The van der Waals surface area contributed by atoms with Gasteiger partial charge >= 0.3 is 0 Å². The highest BCUT2D eigenvalue weighted by atomic mass is 16.5. The molecule has 1 aliphatic carbocycles. The maximum absolute atomic E-state index is 11.2. The monoisotopic (exact) mass is 290 g/mol. The normalized spacial score (nSPS) is 23.3. The maximum atomic E-state index is 11.2. The largest absolute Gasteiger partial charge is 0.382 e. The van der Waals surface area contributed by atoms with Crippen LogP contribution in [0.1, 0.15) is 39.7 Å². The van der Waals surface area contributed by atoms with Gasteiger partial charge in [-0.3, -0.25) is 4.79 Å². The van der Waals surface area contributed by atoms with Crippen LogP contribution in [-0.4, -0.2) is 24.7 Å². The molecule has 2 unspecified atom stereocenters. The Hall–Kier alpha value is -1.55. The molecule has 1 fully saturated rings. The van der Waals surface area contributed by atoms with E-state index in [0.29, 0.717) is 12.1 Å². The molecule has 0 aromatic heterocycles. The third-order valence-corrected chi connectivity index (χ3v) is 4.43. The number of hydrogen-bond donors (Lipinski definition) is 2. The van der Waals surface area contributed by atoms with Crippen LogP contribution in [0.25, 0.3) is 0 Å². The molecule has 1 aromatic carbocycles. The summed E-state index contributed by atoms with van der Waals surface area (Å²) >= 11 is 0. The highest BCUT2D eigenvalue weighted by Gasteiger charge is 2.48. The summed E-state index contributed by atoms with van der Waals surface area (Å²) in [5, 5.41) is 6.44. The van der Waals surface area contributed by atoms with Crippen LogP contribution in [0, 0.1) is 12.3 Å². The predicted octanol–water partition coefficient (Wildman–Crippen LogP) is 3.57. The molecule has 4 nitrogen and oxygen atoms in total. The smallest absolute Gasteiger partial charge is 0.221 e. The molecule has 1 amide bonds. The molecule has 0 bridgehead atoms. The van der Waals surface area contributed by atoms with Crippen molar-refractivity contribution in [2.45, 2.75) is 53.2 Å². The van der Waals surface area contributed by atoms with E-state index in [2.05, 4.69) is 30.5 Å². The molecule has 1 aliphatic rings. The number of amides is 1. The van der Waals surface area contributed by atoms with Crippen LogP contribution in [0.5, 0.6) is 0 Å². The summed E-state index contributed by atoms with van der Waals surface area (Å²) in [6.45, 7) is 10.8. The van der Waals surface area contributed by atoms with Crippen molar-refractivity contribution in [2.75, 3.05) is 17.2 Å². The Morgan fingerprint density at radius 3 is 2.71 bits per heavy atom. The Morgan fingerprint density at radius 2 is 2.14 bits per heavy atom. The molecule has 1 saturated carbocycles. The summed E-state index contributed by atoms with van der Waals surface area (Å²) in [7, 11) is 0. The molecule has 0 radical (unpaired) electrons. The van der Waals surface area contributed by atoms with Gasteiger partial charge in [-0.05, 0) is 38.0 Å². The number of carbonyl (C=O) groups excluding carboxylic acids is 1. The average molecular weight is 290 g/mol. The molecule has 2 rings (SSSR count). The van der Waals surface area contributed by atoms with Gasteiger partial charge in [0.15, 0.2) is 0 Å². The summed E-state index contributed by atoms with van der Waals surface area (Å²) in [4.78, 5) is 11.2. The van der Waals surface area contributed by atoms with E-state index in [1.54, 1.807) is 0 Å². The van der Waals surface area contributed by atoms with Crippen LogP contribution in [0.2, 0.25) is 0 Å². The van der Waals surface area contributed by atoms with Crippen LogP contribution >= 0.6 is 0 Å².